The Morgan fingerprint density at radius 3 is 2.78 bits per heavy atom. The third-order valence-electron chi connectivity index (χ3n) is 4.73. The summed E-state index contributed by atoms with van der Waals surface area (Å²) in [7, 11) is 5.43. The van der Waals surface area contributed by atoms with Crippen molar-refractivity contribution in [3.63, 3.8) is 0 Å². The summed E-state index contributed by atoms with van der Waals surface area (Å²) < 4.78 is 18.8. The van der Waals surface area contributed by atoms with Crippen LogP contribution >= 0.6 is 11.8 Å². The van der Waals surface area contributed by atoms with Gasteiger partial charge in [-0.3, -0.25) is 4.90 Å². The second-order valence-corrected chi connectivity index (χ2v) is 7.47. The number of thioether (sulfide) groups is 1. The largest absolute Gasteiger partial charge is 0.497 e. The maximum Gasteiger partial charge on any atom is 0.191 e. The monoisotopic (exact) mass is 392 g/mol. The lowest BCUT2D eigenvalue weighted by Gasteiger charge is -2.20. The maximum absolute atomic E-state index is 5.81. The Morgan fingerprint density at radius 1 is 1.26 bits per heavy atom. The van der Waals surface area contributed by atoms with Crippen LogP contribution < -0.4 is 9.47 Å². The Balaban J connectivity index is 1.72. The summed E-state index contributed by atoms with van der Waals surface area (Å²) in [6.45, 7) is 3.09. The van der Waals surface area contributed by atoms with E-state index in [4.69, 9.17) is 14.2 Å². The second-order valence-electron chi connectivity index (χ2n) is 6.70. The zero-order valence-electron chi connectivity index (χ0n) is 16.5. The quantitative estimate of drug-likeness (QED) is 0.608. The van der Waals surface area contributed by atoms with Crippen LogP contribution in [0.15, 0.2) is 23.4 Å². The first kappa shape index (κ1) is 20.0. The fourth-order valence-electron chi connectivity index (χ4n) is 3.36. The number of rotatable bonds is 9. The van der Waals surface area contributed by atoms with Gasteiger partial charge >= 0.3 is 0 Å². The molecule has 2 heterocycles. The van der Waals surface area contributed by atoms with Crippen molar-refractivity contribution >= 4 is 11.8 Å². The standard InChI is InChI=1S/C19H28N4O3S/c1-22(11-14-10-15(24-2)7-8-17(14)25-3)13-18-20-21-19(27-4)23(18)12-16-6-5-9-26-16/h7-8,10,16H,5-6,9,11-13H2,1-4H3/t16-/m0/s1. The molecule has 0 N–H and O–H groups in total. The van der Waals surface area contributed by atoms with Gasteiger partial charge in [-0.05, 0) is 44.3 Å². The first-order valence-electron chi connectivity index (χ1n) is 9.11. The molecule has 3 rings (SSSR count). The fraction of sp³-hybridized carbons (Fsp3) is 0.579. The van der Waals surface area contributed by atoms with Gasteiger partial charge in [0, 0.05) is 18.7 Å². The topological polar surface area (TPSA) is 61.6 Å². The molecule has 8 heteroatoms. The Labute approximate surface area is 165 Å². The van der Waals surface area contributed by atoms with Gasteiger partial charge < -0.3 is 18.8 Å². The molecule has 1 saturated heterocycles. The van der Waals surface area contributed by atoms with E-state index >= 15 is 0 Å². The van der Waals surface area contributed by atoms with E-state index in [0.717, 1.165) is 60.6 Å². The number of benzene rings is 1. The zero-order valence-corrected chi connectivity index (χ0v) is 17.3. The van der Waals surface area contributed by atoms with Crippen LogP contribution in [-0.4, -0.2) is 59.9 Å². The summed E-state index contributed by atoms with van der Waals surface area (Å²) in [5, 5.41) is 9.71. The van der Waals surface area contributed by atoms with Gasteiger partial charge in [0.15, 0.2) is 5.16 Å². The normalized spacial score (nSPS) is 16.9. The lowest BCUT2D eigenvalue weighted by Crippen LogP contribution is -2.23. The van der Waals surface area contributed by atoms with Crippen molar-refractivity contribution < 1.29 is 14.2 Å². The number of hydrogen-bond acceptors (Lipinski definition) is 7. The van der Waals surface area contributed by atoms with Gasteiger partial charge in [-0.15, -0.1) is 10.2 Å². The first-order valence-corrected chi connectivity index (χ1v) is 10.3. The molecule has 7 nitrogen and oxygen atoms in total. The lowest BCUT2D eigenvalue weighted by atomic mass is 10.1. The van der Waals surface area contributed by atoms with Crippen LogP contribution in [0.3, 0.4) is 0 Å². The summed E-state index contributed by atoms with van der Waals surface area (Å²) in [5.74, 6) is 2.64. The van der Waals surface area contributed by atoms with Crippen molar-refractivity contribution in [2.24, 2.45) is 0 Å². The van der Waals surface area contributed by atoms with Gasteiger partial charge in [-0.25, -0.2) is 0 Å². The van der Waals surface area contributed by atoms with E-state index in [1.165, 1.54) is 0 Å². The van der Waals surface area contributed by atoms with Gasteiger partial charge in [0.2, 0.25) is 0 Å². The maximum atomic E-state index is 5.81. The number of nitrogens with zero attached hydrogens (tertiary/aromatic N) is 4. The molecular weight excluding hydrogens is 364 g/mol. The highest BCUT2D eigenvalue weighted by atomic mass is 32.2. The number of aromatic nitrogens is 3. The highest BCUT2D eigenvalue weighted by Gasteiger charge is 2.21. The number of hydrogen-bond donors (Lipinski definition) is 0. The van der Waals surface area contributed by atoms with E-state index in [9.17, 15) is 0 Å². The van der Waals surface area contributed by atoms with Crippen LogP contribution in [0.5, 0.6) is 11.5 Å². The molecule has 0 amide bonds. The minimum absolute atomic E-state index is 0.259. The van der Waals surface area contributed by atoms with Crippen molar-refractivity contribution in [1.82, 2.24) is 19.7 Å². The van der Waals surface area contributed by atoms with Gasteiger partial charge in [-0.2, -0.15) is 0 Å². The van der Waals surface area contributed by atoms with E-state index in [1.807, 2.05) is 24.5 Å². The summed E-state index contributed by atoms with van der Waals surface area (Å²) in [4.78, 5) is 2.21. The molecule has 0 radical (unpaired) electrons. The summed E-state index contributed by atoms with van der Waals surface area (Å²) in [6.07, 6.45) is 4.52. The molecule has 1 atom stereocenters. The molecule has 27 heavy (non-hydrogen) atoms. The minimum atomic E-state index is 0.259. The minimum Gasteiger partial charge on any atom is -0.497 e. The molecule has 2 aromatic rings. The van der Waals surface area contributed by atoms with Gasteiger partial charge in [0.25, 0.3) is 0 Å². The molecule has 0 aliphatic carbocycles. The van der Waals surface area contributed by atoms with Gasteiger partial charge in [0.05, 0.1) is 33.4 Å². The smallest absolute Gasteiger partial charge is 0.191 e. The third-order valence-corrected chi connectivity index (χ3v) is 5.39. The van der Waals surface area contributed by atoms with E-state index in [-0.39, 0.29) is 6.10 Å². The van der Waals surface area contributed by atoms with E-state index < -0.39 is 0 Å². The Hall–Kier alpha value is -1.77. The molecule has 0 spiro atoms. The van der Waals surface area contributed by atoms with Crippen LogP contribution in [-0.2, 0) is 24.4 Å². The third kappa shape index (κ3) is 4.94. The van der Waals surface area contributed by atoms with Crippen molar-refractivity contribution in [3.05, 3.63) is 29.6 Å². The zero-order chi connectivity index (χ0) is 19.2. The van der Waals surface area contributed by atoms with Crippen LogP contribution in [0.25, 0.3) is 0 Å². The highest BCUT2D eigenvalue weighted by molar-refractivity contribution is 7.98. The van der Waals surface area contributed by atoms with Crippen molar-refractivity contribution in [2.75, 3.05) is 34.1 Å². The molecule has 1 aromatic carbocycles. The average molecular weight is 393 g/mol. The van der Waals surface area contributed by atoms with Crippen LogP contribution in [0.1, 0.15) is 24.2 Å². The SMILES string of the molecule is COc1ccc(OC)c(CN(C)Cc2nnc(SC)n2C[C@@H]2CCCO2)c1. The van der Waals surface area contributed by atoms with Crippen LogP contribution in [0, 0.1) is 0 Å². The molecule has 1 aromatic heterocycles. The average Bonchev–Trinajstić information content (AvgIpc) is 3.32. The van der Waals surface area contributed by atoms with Crippen molar-refractivity contribution in [3.8, 4) is 11.5 Å². The second kappa shape index (κ2) is 9.43. The van der Waals surface area contributed by atoms with E-state index in [0.29, 0.717) is 6.54 Å². The summed E-state index contributed by atoms with van der Waals surface area (Å²) in [6, 6.07) is 5.86. The van der Waals surface area contributed by atoms with E-state index in [2.05, 4.69) is 26.7 Å². The Kier molecular flexibility index (Phi) is 6.98. The molecule has 0 unspecified atom stereocenters. The molecule has 1 aliphatic rings. The summed E-state index contributed by atoms with van der Waals surface area (Å²) >= 11 is 1.62. The van der Waals surface area contributed by atoms with E-state index in [1.54, 1.807) is 26.0 Å². The van der Waals surface area contributed by atoms with Gasteiger partial charge in [0.1, 0.15) is 17.3 Å². The van der Waals surface area contributed by atoms with Crippen LogP contribution in [0.2, 0.25) is 0 Å². The molecule has 1 aliphatic heterocycles. The Morgan fingerprint density at radius 2 is 2.11 bits per heavy atom. The molecule has 0 saturated carbocycles. The Bertz CT molecular complexity index is 747. The molecule has 0 bridgehead atoms. The van der Waals surface area contributed by atoms with Crippen molar-refractivity contribution in [2.45, 2.75) is 43.7 Å². The number of ether oxygens (including phenoxy) is 3. The molecular formula is C19H28N4O3S. The lowest BCUT2D eigenvalue weighted by molar-refractivity contribution is 0.0934. The fourth-order valence-corrected chi connectivity index (χ4v) is 3.88. The number of methoxy groups -OCH3 is 2. The predicted molar refractivity (Wildman–Crippen MR) is 105 cm³/mol. The molecule has 148 valence electrons. The van der Waals surface area contributed by atoms with Crippen molar-refractivity contribution in [1.29, 1.82) is 0 Å². The highest BCUT2D eigenvalue weighted by Crippen LogP contribution is 2.26. The first-order chi connectivity index (χ1) is 13.1. The summed E-state index contributed by atoms with van der Waals surface area (Å²) in [5.41, 5.74) is 1.08. The van der Waals surface area contributed by atoms with Gasteiger partial charge in [-0.1, -0.05) is 11.8 Å². The molecule has 1 fully saturated rings. The predicted octanol–water partition coefficient (Wildman–Crippen LogP) is 2.83. The van der Waals surface area contributed by atoms with Crippen LogP contribution in [0.4, 0.5) is 0 Å².